The Labute approximate surface area is 199 Å². The number of amides is 2. The van der Waals surface area contributed by atoms with Crippen LogP contribution in [-0.4, -0.2) is 34.3 Å². The molecule has 33 heavy (non-hydrogen) atoms. The maximum Gasteiger partial charge on any atom is 0.303 e. The maximum absolute atomic E-state index is 12.3. The van der Waals surface area contributed by atoms with Crippen LogP contribution in [0.4, 0.5) is 0 Å². The molecule has 0 saturated heterocycles. The van der Waals surface area contributed by atoms with Crippen molar-refractivity contribution >= 4 is 17.8 Å². The Morgan fingerprint density at radius 1 is 0.667 bits per heavy atom. The number of carbonyl (C=O) groups is 3. The van der Waals surface area contributed by atoms with E-state index in [-0.39, 0.29) is 11.8 Å². The fourth-order valence-corrected chi connectivity index (χ4v) is 4.34. The molecule has 2 amide bonds. The molecule has 0 atom stereocenters. The van der Waals surface area contributed by atoms with E-state index in [0.29, 0.717) is 24.1 Å². The van der Waals surface area contributed by atoms with Crippen LogP contribution in [0.25, 0.3) is 0 Å². The van der Waals surface area contributed by atoms with Gasteiger partial charge >= 0.3 is 5.97 Å². The van der Waals surface area contributed by atoms with Crippen LogP contribution in [-0.2, 0) is 4.79 Å². The number of unbranched alkanes of at least 4 members (excludes halogenated alkanes) is 13. The van der Waals surface area contributed by atoms with E-state index in [1.54, 1.807) is 24.3 Å². The number of carbonyl (C=O) groups excluding carboxylic acids is 2. The second-order valence-electron chi connectivity index (χ2n) is 9.10. The minimum atomic E-state index is -0.685. The van der Waals surface area contributed by atoms with Gasteiger partial charge in [0.25, 0.3) is 11.8 Å². The smallest absolute Gasteiger partial charge is 0.303 e. The molecule has 1 aliphatic rings. The standard InChI is InChI=1S/C28H41NO4/c30-26(31)22-16-14-12-10-8-6-4-2-1-3-5-7-9-11-13-15-19-23-29-27(32)24-20-17-18-21-25(24)28(29)33/h2,4,17-18,20-21H,1,3,5-16,19,22-23H2,(H,30,31)/b4-2-. The van der Waals surface area contributed by atoms with Gasteiger partial charge < -0.3 is 5.11 Å². The van der Waals surface area contributed by atoms with Crippen molar-refractivity contribution in [2.45, 2.75) is 103 Å². The lowest BCUT2D eigenvalue weighted by Crippen LogP contribution is -2.30. The minimum Gasteiger partial charge on any atom is -0.481 e. The number of imide groups is 1. The molecule has 182 valence electrons. The lowest BCUT2D eigenvalue weighted by molar-refractivity contribution is -0.137. The van der Waals surface area contributed by atoms with E-state index in [4.69, 9.17) is 5.11 Å². The fourth-order valence-electron chi connectivity index (χ4n) is 4.34. The van der Waals surface area contributed by atoms with Gasteiger partial charge in [-0.1, -0.05) is 82.1 Å². The molecular weight excluding hydrogens is 414 g/mol. The van der Waals surface area contributed by atoms with Gasteiger partial charge in [-0.05, 0) is 50.7 Å². The fraction of sp³-hybridized carbons (Fsp3) is 0.607. The van der Waals surface area contributed by atoms with Gasteiger partial charge in [0, 0.05) is 13.0 Å². The number of carboxylic acids is 1. The molecule has 1 N–H and O–H groups in total. The van der Waals surface area contributed by atoms with E-state index in [2.05, 4.69) is 12.2 Å². The number of allylic oxidation sites excluding steroid dienone is 2. The third kappa shape index (κ3) is 10.4. The van der Waals surface area contributed by atoms with Gasteiger partial charge in [-0.15, -0.1) is 0 Å². The van der Waals surface area contributed by atoms with Crippen molar-refractivity contribution in [1.29, 1.82) is 0 Å². The molecule has 1 heterocycles. The molecule has 0 aromatic heterocycles. The van der Waals surface area contributed by atoms with Gasteiger partial charge in [-0.2, -0.15) is 0 Å². The summed E-state index contributed by atoms with van der Waals surface area (Å²) in [6.45, 7) is 0.531. The number of rotatable bonds is 19. The second-order valence-corrected chi connectivity index (χ2v) is 9.10. The Kier molecular flexibility index (Phi) is 13.2. The Hall–Kier alpha value is -2.43. The zero-order valence-corrected chi connectivity index (χ0v) is 20.1. The highest BCUT2D eigenvalue weighted by molar-refractivity contribution is 6.21. The van der Waals surface area contributed by atoms with E-state index in [9.17, 15) is 14.4 Å². The van der Waals surface area contributed by atoms with E-state index >= 15 is 0 Å². The minimum absolute atomic E-state index is 0.141. The average Bonchev–Trinajstić information content (AvgIpc) is 3.05. The van der Waals surface area contributed by atoms with E-state index < -0.39 is 5.97 Å². The number of carboxylic acid groups (broad SMARTS) is 1. The summed E-state index contributed by atoms with van der Waals surface area (Å²) in [7, 11) is 0. The molecule has 0 unspecified atom stereocenters. The highest BCUT2D eigenvalue weighted by atomic mass is 16.4. The summed E-state index contributed by atoms with van der Waals surface area (Å²) in [5.41, 5.74) is 1.09. The molecule has 0 spiro atoms. The quantitative estimate of drug-likeness (QED) is 0.136. The Morgan fingerprint density at radius 3 is 1.58 bits per heavy atom. The predicted octanol–water partition coefficient (Wildman–Crippen LogP) is 7.17. The van der Waals surface area contributed by atoms with E-state index in [1.165, 1.54) is 62.7 Å². The maximum atomic E-state index is 12.3. The summed E-state index contributed by atoms with van der Waals surface area (Å²) >= 11 is 0. The highest BCUT2D eigenvalue weighted by Gasteiger charge is 2.34. The predicted molar refractivity (Wildman–Crippen MR) is 132 cm³/mol. The first kappa shape index (κ1) is 26.8. The van der Waals surface area contributed by atoms with Gasteiger partial charge in [0.05, 0.1) is 11.1 Å². The number of aliphatic carboxylic acids is 1. The van der Waals surface area contributed by atoms with Gasteiger partial charge in [0.1, 0.15) is 0 Å². The van der Waals surface area contributed by atoms with Crippen LogP contribution < -0.4 is 0 Å². The number of fused-ring (bicyclic) bond motifs is 1. The lowest BCUT2D eigenvalue weighted by Gasteiger charge is -2.13. The normalized spacial score (nSPS) is 13.3. The molecular formula is C28H41NO4. The molecule has 0 aliphatic carbocycles. The Bertz CT molecular complexity index is 736. The van der Waals surface area contributed by atoms with Crippen LogP contribution in [0.15, 0.2) is 36.4 Å². The Balaban J connectivity index is 1.34. The first-order valence-corrected chi connectivity index (χ1v) is 12.9. The van der Waals surface area contributed by atoms with Crippen molar-refractivity contribution in [2.24, 2.45) is 0 Å². The van der Waals surface area contributed by atoms with Gasteiger partial charge in [-0.3, -0.25) is 19.3 Å². The van der Waals surface area contributed by atoms with Crippen molar-refractivity contribution in [3.05, 3.63) is 47.5 Å². The highest BCUT2D eigenvalue weighted by Crippen LogP contribution is 2.23. The average molecular weight is 456 g/mol. The first-order chi connectivity index (χ1) is 16.1. The lowest BCUT2D eigenvalue weighted by atomic mass is 10.1. The second kappa shape index (κ2) is 16.2. The largest absolute Gasteiger partial charge is 0.481 e. The number of hydrogen-bond donors (Lipinski definition) is 1. The molecule has 0 radical (unpaired) electrons. The molecule has 1 aromatic carbocycles. The summed E-state index contributed by atoms with van der Waals surface area (Å²) in [6.07, 6.45) is 22.0. The third-order valence-electron chi connectivity index (χ3n) is 6.31. The van der Waals surface area contributed by atoms with Crippen molar-refractivity contribution in [1.82, 2.24) is 4.90 Å². The third-order valence-corrected chi connectivity index (χ3v) is 6.31. The summed E-state index contributed by atoms with van der Waals surface area (Å²) in [5, 5.41) is 8.59. The summed E-state index contributed by atoms with van der Waals surface area (Å²) < 4.78 is 0. The molecule has 1 aromatic rings. The van der Waals surface area contributed by atoms with Crippen LogP contribution in [0.3, 0.4) is 0 Å². The van der Waals surface area contributed by atoms with Crippen LogP contribution in [0.5, 0.6) is 0 Å². The zero-order valence-electron chi connectivity index (χ0n) is 20.1. The summed E-state index contributed by atoms with van der Waals surface area (Å²) in [4.78, 5) is 36.5. The van der Waals surface area contributed by atoms with Gasteiger partial charge in [0.2, 0.25) is 0 Å². The van der Waals surface area contributed by atoms with Gasteiger partial charge in [-0.25, -0.2) is 0 Å². The number of hydrogen-bond acceptors (Lipinski definition) is 3. The van der Waals surface area contributed by atoms with E-state index in [0.717, 1.165) is 38.5 Å². The van der Waals surface area contributed by atoms with Crippen LogP contribution >= 0.6 is 0 Å². The van der Waals surface area contributed by atoms with Crippen molar-refractivity contribution < 1.29 is 19.5 Å². The molecule has 2 rings (SSSR count). The zero-order chi connectivity index (χ0) is 23.7. The van der Waals surface area contributed by atoms with E-state index in [1.807, 2.05) is 0 Å². The van der Waals surface area contributed by atoms with Crippen LogP contribution in [0.2, 0.25) is 0 Å². The molecule has 5 nitrogen and oxygen atoms in total. The Morgan fingerprint density at radius 2 is 1.09 bits per heavy atom. The molecule has 5 heteroatoms. The van der Waals surface area contributed by atoms with Crippen molar-refractivity contribution in [3.63, 3.8) is 0 Å². The molecule has 0 fully saturated rings. The van der Waals surface area contributed by atoms with Crippen LogP contribution in [0, 0.1) is 0 Å². The monoisotopic (exact) mass is 455 g/mol. The molecule has 1 aliphatic heterocycles. The number of benzene rings is 1. The summed E-state index contributed by atoms with van der Waals surface area (Å²) in [5.74, 6) is -0.967. The van der Waals surface area contributed by atoms with Crippen molar-refractivity contribution in [3.8, 4) is 0 Å². The first-order valence-electron chi connectivity index (χ1n) is 12.9. The number of nitrogens with zero attached hydrogens (tertiary/aromatic N) is 1. The van der Waals surface area contributed by atoms with Gasteiger partial charge in [0.15, 0.2) is 0 Å². The topological polar surface area (TPSA) is 74.7 Å². The SMILES string of the molecule is O=C(O)CCCCCCC/C=C\CCCCCCCCCCN1C(=O)c2ccccc2C1=O. The molecule has 0 bridgehead atoms. The molecule has 0 saturated carbocycles. The summed E-state index contributed by atoms with van der Waals surface area (Å²) in [6, 6.07) is 7.09. The van der Waals surface area contributed by atoms with Crippen LogP contribution in [0.1, 0.15) is 123 Å². The van der Waals surface area contributed by atoms with Crippen molar-refractivity contribution in [2.75, 3.05) is 6.54 Å².